The Morgan fingerprint density at radius 1 is 1.35 bits per heavy atom. The largest absolute Gasteiger partial charge is 0.392 e. The maximum atomic E-state index is 10.3. The average Bonchev–Trinajstić information content (AvgIpc) is 2.78. The third-order valence-corrected chi connectivity index (χ3v) is 3.67. The van der Waals surface area contributed by atoms with E-state index in [0.29, 0.717) is 6.54 Å². The molecule has 0 aromatic carbocycles. The molecule has 0 aliphatic rings. The van der Waals surface area contributed by atoms with Crippen molar-refractivity contribution in [2.45, 2.75) is 33.8 Å². The number of aromatic nitrogens is 4. The average molecular weight is 277 g/mol. The van der Waals surface area contributed by atoms with Gasteiger partial charge in [0.25, 0.3) is 0 Å². The molecule has 2 aromatic rings. The monoisotopic (exact) mass is 277 g/mol. The lowest BCUT2D eigenvalue weighted by atomic mass is 9.81. The number of aliphatic hydroxyl groups is 1. The molecule has 0 saturated carbocycles. The molecule has 0 amide bonds. The lowest BCUT2D eigenvalue weighted by molar-refractivity contribution is 0.0210. The normalized spacial score (nSPS) is 13.9. The highest BCUT2D eigenvalue weighted by Crippen LogP contribution is 2.27. The van der Waals surface area contributed by atoms with E-state index in [2.05, 4.69) is 20.4 Å². The molecule has 6 heteroatoms. The van der Waals surface area contributed by atoms with Gasteiger partial charge in [0.1, 0.15) is 12.1 Å². The highest BCUT2D eigenvalue weighted by molar-refractivity contribution is 5.85. The first-order valence-electron chi connectivity index (χ1n) is 6.87. The van der Waals surface area contributed by atoms with Crippen LogP contribution in [-0.4, -0.2) is 37.5 Å². The van der Waals surface area contributed by atoms with Crippen LogP contribution in [0.25, 0.3) is 11.0 Å². The van der Waals surface area contributed by atoms with Crippen molar-refractivity contribution in [1.29, 1.82) is 0 Å². The molecule has 0 radical (unpaired) electrons. The first-order chi connectivity index (χ1) is 9.33. The van der Waals surface area contributed by atoms with Crippen LogP contribution in [0.2, 0.25) is 0 Å². The van der Waals surface area contributed by atoms with Crippen molar-refractivity contribution in [2.24, 2.45) is 18.4 Å². The van der Waals surface area contributed by atoms with E-state index in [1.165, 1.54) is 6.33 Å². The van der Waals surface area contributed by atoms with Crippen molar-refractivity contribution in [3.63, 3.8) is 0 Å². The van der Waals surface area contributed by atoms with Gasteiger partial charge in [0.2, 0.25) is 0 Å². The second kappa shape index (κ2) is 5.36. The number of rotatable bonds is 5. The standard InChI is InChI=1S/C14H23N5O/c1-9(2)11(20)14(3,4)7-15-12-10-6-18-19(5)13(10)17-8-16-12/h6,8-9,11,20H,7H2,1-5H3,(H,15,16,17). The van der Waals surface area contributed by atoms with E-state index in [0.717, 1.165) is 16.9 Å². The molecule has 6 nitrogen and oxygen atoms in total. The van der Waals surface area contributed by atoms with Gasteiger partial charge in [0.05, 0.1) is 17.7 Å². The molecule has 0 aliphatic heterocycles. The minimum atomic E-state index is -0.374. The van der Waals surface area contributed by atoms with E-state index in [-0.39, 0.29) is 17.4 Å². The molecule has 2 aromatic heterocycles. The summed E-state index contributed by atoms with van der Waals surface area (Å²) in [6.07, 6.45) is 2.91. The molecule has 2 heterocycles. The van der Waals surface area contributed by atoms with Gasteiger partial charge >= 0.3 is 0 Å². The SMILES string of the molecule is CC(C)C(O)C(C)(C)CNc1ncnc2c1cnn2C. The lowest BCUT2D eigenvalue weighted by Gasteiger charge is -2.33. The molecule has 1 atom stereocenters. The zero-order valence-corrected chi connectivity index (χ0v) is 12.8. The Hall–Kier alpha value is -1.69. The molecule has 2 rings (SSSR count). The predicted octanol–water partition coefficient (Wildman–Crippen LogP) is 1.82. The quantitative estimate of drug-likeness (QED) is 0.872. The first-order valence-corrected chi connectivity index (χ1v) is 6.87. The van der Waals surface area contributed by atoms with Gasteiger partial charge in [-0.3, -0.25) is 4.68 Å². The number of anilines is 1. The summed E-state index contributed by atoms with van der Waals surface area (Å²) in [4.78, 5) is 8.48. The van der Waals surface area contributed by atoms with Crippen LogP contribution in [-0.2, 0) is 7.05 Å². The van der Waals surface area contributed by atoms with Gasteiger partial charge in [0.15, 0.2) is 5.65 Å². The second-order valence-electron chi connectivity index (χ2n) is 6.26. The van der Waals surface area contributed by atoms with Gasteiger partial charge in [-0.1, -0.05) is 27.7 Å². The van der Waals surface area contributed by atoms with Crippen molar-refractivity contribution in [1.82, 2.24) is 19.7 Å². The van der Waals surface area contributed by atoms with E-state index >= 15 is 0 Å². The van der Waals surface area contributed by atoms with Gasteiger partial charge < -0.3 is 10.4 Å². The molecule has 2 N–H and O–H groups in total. The van der Waals surface area contributed by atoms with Crippen molar-refractivity contribution in [3.05, 3.63) is 12.5 Å². The number of hydrogen-bond donors (Lipinski definition) is 2. The Morgan fingerprint density at radius 2 is 2.05 bits per heavy atom. The first kappa shape index (κ1) is 14.7. The molecule has 0 spiro atoms. The van der Waals surface area contributed by atoms with Crippen molar-refractivity contribution in [3.8, 4) is 0 Å². The van der Waals surface area contributed by atoms with Crippen LogP contribution in [0, 0.1) is 11.3 Å². The summed E-state index contributed by atoms with van der Waals surface area (Å²) >= 11 is 0. The highest BCUT2D eigenvalue weighted by atomic mass is 16.3. The zero-order valence-electron chi connectivity index (χ0n) is 12.8. The van der Waals surface area contributed by atoms with E-state index < -0.39 is 0 Å². The topological polar surface area (TPSA) is 75.9 Å². The van der Waals surface area contributed by atoms with Crippen LogP contribution in [0.5, 0.6) is 0 Å². The lowest BCUT2D eigenvalue weighted by Crippen LogP contribution is -2.39. The molecule has 0 fully saturated rings. The summed E-state index contributed by atoms with van der Waals surface area (Å²) in [7, 11) is 1.85. The Labute approximate surface area is 119 Å². The third kappa shape index (κ3) is 2.75. The van der Waals surface area contributed by atoms with Gasteiger partial charge in [-0.05, 0) is 5.92 Å². The molecule has 0 bridgehead atoms. The zero-order chi connectivity index (χ0) is 14.9. The summed E-state index contributed by atoms with van der Waals surface area (Å²) in [5.74, 6) is 0.975. The molecule has 110 valence electrons. The van der Waals surface area contributed by atoms with Gasteiger partial charge in [-0.15, -0.1) is 0 Å². The van der Waals surface area contributed by atoms with Crippen LogP contribution in [0.3, 0.4) is 0 Å². The number of fused-ring (bicyclic) bond motifs is 1. The Kier molecular flexibility index (Phi) is 3.94. The Balaban J connectivity index is 2.17. The number of aliphatic hydroxyl groups excluding tert-OH is 1. The van der Waals surface area contributed by atoms with Crippen molar-refractivity contribution in [2.75, 3.05) is 11.9 Å². The summed E-state index contributed by atoms with van der Waals surface area (Å²) in [5.41, 5.74) is 0.554. The summed E-state index contributed by atoms with van der Waals surface area (Å²) < 4.78 is 1.72. The second-order valence-corrected chi connectivity index (χ2v) is 6.26. The highest BCUT2D eigenvalue weighted by Gasteiger charge is 2.30. The minimum Gasteiger partial charge on any atom is -0.392 e. The van der Waals surface area contributed by atoms with E-state index in [1.54, 1.807) is 10.9 Å². The molecule has 20 heavy (non-hydrogen) atoms. The number of aryl methyl sites for hydroxylation is 1. The smallest absolute Gasteiger partial charge is 0.163 e. The van der Waals surface area contributed by atoms with E-state index in [1.807, 2.05) is 34.7 Å². The van der Waals surface area contributed by atoms with Crippen molar-refractivity contribution >= 4 is 16.9 Å². The molecular weight excluding hydrogens is 254 g/mol. The van der Waals surface area contributed by atoms with Gasteiger partial charge in [0, 0.05) is 19.0 Å². The fourth-order valence-corrected chi connectivity index (χ4v) is 2.42. The minimum absolute atomic E-state index is 0.218. The molecule has 1 unspecified atom stereocenters. The van der Waals surface area contributed by atoms with E-state index in [9.17, 15) is 5.11 Å². The van der Waals surface area contributed by atoms with Crippen LogP contribution in [0.15, 0.2) is 12.5 Å². The van der Waals surface area contributed by atoms with Gasteiger partial charge in [-0.2, -0.15) is 5.10 Å². The fourth-order valence-electron chi connectivity index (χ4n) is 2.42. The van der Waals surface area contributed by atoms with Crippen molar-refractivity contribution < 1.29 is 5.11 Å². The van der Waals surface area contributed by atoms with E-state index in [4.69, 9.17) is 0 Å². The maximum absolute atomic E-state index is 10.3. The van der Waals surface area contributed by atoms with Crippen LogP contribution < -0.4 is 5.32 Å². The molecular formula is C14H23N5O. The van der Waals surface area contributed by atoms with Gasteiger partial charge in [-0.25, -0.2) is 9.97 Å². The maximum Gasteiger partial charge on any atom is 0.163 e. The summed E-state index contributed by atoms with van der Waals surface area (Å²) in [6, 6.07) is 0. The number of nitrogens with one attached hydrogen (secondary N) is 1. The van der Waals surface area contributed by atoms with Crippen LogP contribution in [0.1, 0.15) is 27.7 Å². The molecule has 0 saturated heterocycles. The summed E-state index contributed by atoms with van der Waals surface area (Å²) in [6.45, 7) is 8.78. The van der Waals surface area contributed by atoms with Crippen LogP contribution >= 0.6 is 0 Å². The Bertz CT molecular complexity index is 590. The summed E-state index contributed by atoms with van der Waals surface area (Å²) in [5, 5.41) is 18.7. The predicted molar refractivity (Wildman–Crippen MR) is 79.4 cm³/mol. The number of nitrogens with zero attached hydrogens (tertiary/aromatic N) is 4. The number of hydrogen-bond acceptors (Lipinski definition) is 5. The third-order valence-electron chi connectivity index (χ3n) is 3.67. The fraction of sp³-hybridized carbons (Fsp3) is 0.643. The Morgan fingerprint density at radius 3 is 2.70 bits per heavy atom. The van der Waals surface area contributed by atoms with Crippen LogP contribution in [0.4, 0.5) is 5.82 Å². The molecule has 0 aliphatic carbocycles.